The smallest absolute Gasteiger partial charge is 0.257 e. The summed E-state index contributed by atoms with van der Waals surface area (Å²) in [6.07, 6.45) is 0. The molecule has 5 heteroatoms. The number of carbonyl (C=O) groups is 1. The van der Waals surface area contributed by atoms with Crippen LogP contribution in [0.2, 0.25) is 10.0 Å². The number of hydrogen-bond donors (Lipinski definition) is 2. The van der Waals surface area contributed by atoms with Gasteiger partial charge in [0, 0.05) is 28.5 Å². The summed E-state index contributed by atoms with van der Waals surface area (Å²) in [5, 5.41) is 6.94. The van der Waals surface area contributed by atoms with Crippen LogP contribution in [-0.2, 0) is 0 Å². The van der Waals surface area contributed by atoms with Crippen LogP contribution in [0.3, 0.4) is 0 Å². The Balaban J connectivity index is 2.33. The second-order valence-corrected chi connectivity index (χ2v) is 5.15. The van der Waals surface area contributed by atoms with Gasteiger partial charge in [0.05, 0.1) is 5.56 Å². The van der Waals surface area contributed by atoms with Gasteiger partial charge in [-0.2, -0.15) is 0 Å². The number of nitrogens with one attached hydrogen (secondary N) is 2. The summed E-state index contributed by atoms with van der Waals surface area (Å²) < 4.78 is 0. The van der Waals surface area contributed by atoms with Crippen molar-refractivity contribution >= 4 is 40.5 Å². The van der Waals surface area contributed by atoms with E-state index in [9.17, 15) is 4.79 Å². The monoisotopic (exact) mass is 308 g/mol. The van der Waals surface area contributed by atoms with E-state index in [0.717, 1.165) is 5.56 Å². The number of rotatable bonds is 3. The Bertz CT molecular complexity index is 656. The first kappa shape index (κ1) is 14.7. The van der Waals surface area contributed by atoms with Crippen LogP contribution >= 0.6 is 23.2 Å². The second kappa shape index (κ2) is 6.16. The first-order chi connectivity index (χ1) is 9.52. The minimum absolute atomic E-state index is 0.234. The lowest BCUT2D eigenvalue weighted by Crippen LogP contribution is -2.14. The molecule has 0 aliphatic rings. The summed E-state index contributed by atoms with van der Waals surface area (Å²) >= 11 is 12.0. The third kappa shape index (κ3) is 3.06. The Morgan fingerprint density at radius 2 is 1.85 bits per heavy atom. The molecule has 2 rings (SSSR count). The Hall–Kier alpha value is -1.71. The molecule has 1 amide bonds. The lowest BCUT2D eigenvalue weighted by Gasteiger charge is -2.12. The third-order valence-corrected chi connectivity index (χ3v) is 3.66. The number of amides is 1. The molecule has 0 unspecified atom stereocenters. The minimum atomic E-state index is -0.234. The molecule has 104 valence electrons. The quantitative estimate of drug-likeness (QED) is 0.870. The van der Waals surface area contributed by atoms with Gasteiger partial charge in [0.2, 0.25) is 0 Å². The van der Waals surface area contributed by atoms with Gasteiger partial charge in [0.25, 0.3) is 5.91 Å². The van der Waals surface area contributed by atoms with Crippen molar-refractivity contribution in [3.8, 4) is 0 Å². The lowest BCUT2D eigenvalue weighted by atomic mass is 10.1. The van der Waals surface area contributed by atoms with Gasteiger partial charge < -0.3 is 10.6 Å². The molecule has 2 N–H and O–H groups in total. The van der Waals surface area contributed by atoms with E-state index < -0.39 is 0 Å². The Morgan fingerprint density at radius 1 is 1.10 bits per heavy atom. The highest BCUT2D eigenvalue weighted by atomic mass is 35.5. The summed E-state index contributed by atoms with van der Waals surface area (Å²) in [5.74, 6) is -0.234. The molecular formula is C15H14Cl2N2O. The molecule has 0 atom stereocenters. The van der Waals surface area contributed by atoms with E-state index >= 15 is 0 Å². The predicted octanol–water partition coefficient (Wildman–Crippen LogP) is 4.60. The molecule has 0 radical (unpaired) electrons. The normalized spacial score (nSPS) is 10.2. The van der Waals surface area contributed by atoms with E-state index in [4.69, 9.17) is 23.2 Å². The molecular weight excluding hydrogens is 295 g/mol. The maximum Gasteiger partial charge on any atom is 0.257 e. The maximum absolute atomic E-state index is 12.4. The highest BCUT2D eigenvalue weighted by Gasteiger charge is 2.13. The van der Waals surface area contributed by atoms with Gasteiger partial charge in [-0.25, -0.2) is 0 Å². The molecule has 20 heavy (non-hydrogen) atoms. The fraction of sp³-hybridized carbons (Fsp3) is 0.133. The summed E-state index contributed by atoms with van der Waals surface area (Å²) in [4.78, 5) is 12.4. The Labute approximate surface area is 127 Å². The molecule has 0 fully saturated rings. The van der Waals surface area contributed by atoms with Crippen LogP contribution in [0.4, 0.5) is 11.4 Å². The Morgan fingerprint density at radius 3 is 2.55 bits per heavy atom. The zero-order valence-corrected chi connectivity index (χ0v) is 12.6. The molecule has 0 aliphatic carbocycles. The van der Waals surface area contributed by atoms with Crippen molar-refractivity contribution in [1.82, 2.24) is 0 Å². The van der Waals surface area contributed by atoms with Gasteiger partial charge in [-0.1, -0.05) is 29.3 Å². The van der Waals surface area contributed by atoms with Gasteiger partial charge in [-0.05, 0) is 42.8 Å². The van der Waals surface area contributed by atoms with Gasteiger partial charge in [0.15, 0.2) is 0 Å². The number of benzene rings is 2. The van der Waals surface area contributed by atoms with Gasteiger partial charge in [-0.15, -0.1) is 0 Å². The average molecular weight is 309 g/mol. The van der Waals surface area contributed by atoms with Crippen LogP contribution in [0.25, 0.3) is 0 Å². The first-order valence-corrected chi connectivity index (χ1v) is 6.82. The fourth-order valence-electron chi connectivity index (χ4n) is 1.85. The van der Waals surface area contributed by atoms with E-state index in [1.54, 1.807) is 37.4 Å². The molecule has 0 saturated heterocycles. The van der Waals surface area contributed by atoms with Crippen LogP contribution in [0.5, 0.6) is 0 Å². The predicted molar refractivity (Wildman–Crippen MR) is 85.1 cm³/mol. The topological polar surface area (TPSA) is 41.1 Å². The van der Waals surface area contributed by atoms with Crippen molar-refractivity contribution in [3.63, 3.8) is 0 Å². The van der Waals surface area contributed by atoms with Crippen LogP contribution in [0.1, 0.15) is 15.9 Å². The van der Waals surface area contributed by atoms with Crippen molar-refractivity contribution in [3.05, 3.63) is 57.6 Å². The fourth-order valence-corrected chi connectivity index (χ4v) is 2.20. The molecule has 0 bridgehead atoms. The highest BCUT2D eigenvalue weighted by molar-refractivity contribution is 6.32. The molecule has 0 spiro atoms. The van der Waals surface area contributed by atoms with Crippen LogP contribution in [0.15, 0.2) is 36.4 Å². The number of halogens is 2. The SMILES string of the molecule is CNc1ccc(Cl)cc1C(=O)Nc1cccc(Cl)c1C. The highest BCUT2D eigenvalue weighted by Crippen LogP contribution is 2.25. The zero-order valence-electron chi connectivity index (χ0n) is 11.1. The first-order valence-electron chi connectivity index (χ1n) is 6.06. The van der Waals surface area contributed by atoms with Crippen LogP contribution in [0, 0.1) is 6.92 Å². The summed E-state index contributed by atoms with van der Waals surface area (Å²) in [6.45, 7) is 1.86. The maximum atomic E-state index is 12.4. The van der Waals surface area contributed by atoms with Crippen molar-refractivity contribution in [2.75, 3.05) is 17.7 Å². The van der Waals surface area contributed by atoms with Crippen molar-refractivity contribution in [2.24, 2.45) is 0 Å². The van der Waals surface area contributed by atoms with E-state index in [0.29, 0.717) is 27.0 Å². The van der Waals surface area contributed by atoms with Gasteiger partial charge in [0.1, 0.15) is 0 Å². The van der Waals surface area contributed by atoms with E-state index in [1.807, 2.05) is 13.0 Å². The number of carbonyl (C=O) groups excluding carboxylic acids is 1. The number of anilines is 2. The number of hydrogen-bond acceptors (Lipinski definition) is 2. The molecule has 0 aromatic heterocycles. The summed E-state index contributed by atoms with van der Waals surface area (Å²) in [5.41, 5.74) is 2.71. The molecule has 3 nitrogen and oxygen atoms in total. The summed E-state index contributed by atoms with van der Waals surface area (Å²) in [6, 6.07) is 10.5. The van der Waals surface area contributed by atoms with Crippen LogP contribution < -0.4 is 10.6 Å². The van der Waals surface area contributed by atoms with Gasteiger partial charge in [-0.3, -0.25) is 4.79 Å². The standard InChI is InChI=1S/C15H14Cl2N2O/c1-9-12(17)4-3-5-13(9)19-15(20)11-8-10(16)6-7-14(11)18-2/h3-8,18H,1-2H3,(H,19,20). The molecule has 0 heterocycles. The second-order valence-electron chi connectivity index (χ2n) is 4.31. The van der Waals surface area contributed by atoms with E-state index in [2.05, 4.69) is 10.6 Å². The largest absolute Gasteiger partial charge is 0.387 e. The molecule has 2 aromatic carbocycles. The molecule has 2 aromatic rings. The third-order valence-electron chi connectivity index (χ3n) is 3.01. The Kier molecular flexibility index (Phi) is 4.53. The van der Waals surface area contributed by atoms with Crippen molar-refractivity contribution < 1.29 is 4.79 Å². The molecule has 0 saturated carbocycles. The van der Waals surface area contributed by atoms with Crippen molar-refractivity contribution in [1.29, 1.82) is 0 Å². The lowest BCUT2D eigenvalue weighted by molar-refractivity contribution is 0.102. The zero-order chi connectivity index (χ0) is 14.7. The minimum Gasteiger partial charge on any atom is -0.387 e. The van der Waals surface area contributed by atoms with E-state index in [1.165, 1.54) is 0 Å². The summed E-state index contributed by atoms with van der Waals surface area (Å²) in [7, 11) is 1.75. The van der Waals surface area contributed by atoms with Crippen LogP contribution in [-0.4, -0.2) is 13.0 Å². The molecule has 0 aliphatic heterocycles. The van der Waals surface area contributed by atoms with E-state index in [-0.39, 0.29) is 5.91 Å². The van der Waals surface area contributed by atoms with Gasteiger partial charge >= 0.3 is 0 Å². The van der Waals surface area contributed by atoms with Crippen molar-refractivity contribution in [2.45, 2.75) is 6.92 Å². The average Bonchev–Trinajstić information content (AvgIpc) is 2.43.